The second-order valence-corrected chi connectivity index (χ2v) is 11.3. The van der Waals surface area contributed by atoms with E-state index < -0.39 is 17.7 Å². The molecule has 8 heteroatoms. The number of pyridine rings is 1. The van der Waals surface area contributed by atoms with Gasteiger partial charge in [-0.3, -0.25) is 4.98 Å². The number of hydrogen-bond acceptors (Lipinski definition) is 7. The Kier molecular flexibility index (Phi) is 5.84. The number of aryl methyl sites for hydroxylation is 1. The fourth-order valence-electron chi connectivity index (χ4n) is 5.02. The summed E-state index contributed by atoms with van der Waals surface area (Å²) in [4.78, 5) is 24.3. The summed E-state index contributed by atoms with van der Waals surface area (Å²) in [5.41, 5.74) is 4.92. The molecule has 3 aromatic rings. The molecular weight excluding hydrogens is 462 g/mol. The quantitative estimate of drug-likeness (QED) is 0.580. The van der Waals surface area contributed by atoms with Gasteiger partial charge in [0.1, 0.15) is 5.76 Å². The number of ether oxygens (including phenoxy) is 2. The molecule has 1 N–H and O–H groups in total. The number of aliphatic carboxylic acids is 1. The van der Waals surface area contributed by atoms with Gasteiger partial charge in [0.15, 0.2) is 11.2 Å². The SMILES string of the molecule is Cc1cc2nc(N(C)C)sc2c(C2=c3nccc4c3=C(CC2)OCC4)c1[C@H](OC(C)(C)C)C(=O)O. The van der Waals surface area contributed by atoms with Crippen LogP contribution < -0.4 is 15.5 Å². The van der Waals surface area contributed by atoms with Crippen LogP contribution in [0.3, 0.4) is 0 Å². The van der Waals surface area contributed by atoms with Crippen LogP contribution in [-0.4, -0.2) is 47.3 Å². The van der Waals surface area contributed by atoms with Gasteiger partial charge in [-0.1, -0.05) is 11.3 Å². The van der Waals surface area contributed by atoms with Crippen LogP contribution in [0, 0.1) is 6.92 Å². The zero-order valence-electron chi connectivity index (χ0n) is 21.1. The molecule has 2 aromatic heterocycles. The van der Waals surface area contributed by atoms with Crippen LogP contribution in [0.25, 0.3) is 21.5 Å². The van der Waals surface area contributed by atoms with E-state index in [4.69, 9.17) is 19.4 Å². The number of nitrogens with zero attached hydrogens (tertiary/aromatic N) is 3. The minimum absolute atomic E-state index is 0.638. The van der Waals surface area contributed by atoms with Crippen molar-refractivity contribution in [2.24, 2.45) is 0 Å². The highest BCUT2D eigenvalue weighted by molar-refractivity contribution is 7.22. The van der Waals surface area contributed by atoms with Crippen LogP contribution in [0.15, 0.2) is 18.3 Å². The third kappa shape index (κ3) is 4.19. The molecule has 0 fully saturated rings. The van der Waals surface area contributed by atoms with Gasteiger partial charge < -0.3 is 19.5 Å². The second kappa shape index (κ2) is 8.60. The van der Waals surface area contributed by atoms with Gasteiger partial charge in [-0.2, -0.15) is 0 Å². The van der Waals surface area contributed by atoms with E-state index in [-0.39, 0.29) is 0 Å². The van der Waals surface area contributed by atoms with Crippen molar-refractivity contribution >= 4 is 44.0 Å². The Balaban J connectivity index is 1.93. The van der Waals surface area contributed by atoms with Crippen molar-refractivity contribution in [1.82, 2.24) is 9.97 Å². The molecule has 2 aliphatic rings. The topological polar surface area (TPSA) is 84.8 Å². The van der Waals surface area contributed by atoms with Gasteiger partial charge >= 0.3 is 5.97 Å². The predicted octanol–water partition coefficient (Wildman–Crippen LogP) is 3.68. The summed E-state index contributed by atoms with van der Waals surface area (Å²) >= 11 is 1.57. The number of carbonyl (C=O) groups is 1. The fourth-order valence-corrected chi connectivity index (χ4v) is 6.07. The van der Waals surface area contributed by atoms with Gasteiger partial charge in [-0.05, 0) is 62.9 Å². The monoisotopic (exact) mass is 493 g/mol. The van der Waals surface area contributed by atoms with Crippen molar-refractivity contribution in [2.75, 3.05) is 25.6 Å². The van der Waals surface area contributed by atoms with E-state index in [1.165, 1.54) is 5.56 Å². The zero-order valence-corrected chi connectivity index (χ0v) is 21.9. The van der Waals surface area contributed by atoms with Crippen molar-refractivity contribution in [3.05, 3.63) is 51.2 Å². The Morgan fingerprint density at radius 2 is 2.03 bits per heavy atom. The molecule has 0 unspecified atom stereocenters. The Morgan fingerprint density at radius 1 is 1.26 bits per heavy atom. The predicted molar refractivity (Wildman–Crippen MR) is 138 cm³/mol. The third-order valence-corrected chi connectivity index (χ3v) is 7.67. The minimum Gasteiger partial charge on any atom is -0.497 e. The first-order valence-corrected chi connectivity index (χ1v) is 12.7. The van der Waals surface area contributed by atoms with E-state index >= 15 is 0 Å². The van der Waals surface area contributed by atoms with Crippen LogP contribution >= 0.6 is 11.3 Å². The van der Waals surface area contributed by atoms with Crippen LogP contribution in [-0.2, 0) is 20.7 Å². The number of aromatic nitrogens is 2. The summed E-state index contributed by atoms with van der Waals surface area (Å²) < 4.78 is 13.2. The molecule has 1 aromatic carbocycles. The molecule has 0 spiro atoms. The fraction of sp³-hybridized carbons (Fsp3) is 0.444. The molecule has 0 saturated carbocycles. The summed E-state index contributed by atoms with van der Waals surface area (Å²) in [7, 11) is 3.94. The van der Waals surface area contributed by atoms with E-state index in [9.17, 15) is 9.90 Å². The highest BCUT2D eigenvalue weighted by atomic mass is 32.1. The largest absolute Gasteiger partial charge is 0.497 e. The Hall–Kier alpha value is -2.97. The number of anilines is 1. The van der Waals surface area contributed by atoms with E-state index in [0.717, 1.165) is 61.2 Å². The Labute approximate surface area is 208 Å². The number of benzene rings is 1. The molecule has 184 valence electrons. The van der Waals surface area contributed by atoms with E-state index in [2.05, 4.69) is 6.07 Å². The van der Waals surface area contributed by atoms with Crippen molar-refractivity contribution < 1.29 is 19.4 Å². The molecule has 1 aliphatic heterocycles. The maximum Gasteiger partial charge on any atom is 0.337 e. The molecule has 1 aliphatic carbocycles. The Morgan fingerprint density at radius 3 is 2.71 bits per heavy atom. The van der Waals surface area contributed by atoms with E-state index in [1.807, 2.05) is 59.0 Å². The first kappa shape index (κ1) is 23.8. The molecule has 35 heavy (non-hydrogen) atoms. The van der Waals surface area contributed by atoms with Crippen molar-refractivity contribution in [2.45, 2.75) is 58.7 Å². The van der Waals surface area contributed by atoms with Crippen molar-refractivity contribution in [3.8, 4) is 0 Å². The molecule has 0 radical (unpaired) electrons. The van der Waals surface area contributed by atoms with E-state index in [0.29, 0.717) is 18.6 Å². The van der Waals surface area contributed by atoms with Crippen molar-refractivity contribution in [3.63, 3.8) is 0 Å². The van der Waals surface area contributed by atoms with Gasteiger partial charge in [-0.25, -0.2) is 9.78 Å². The van der Waals surface area contributed by atoms with Crippen LogP contribution in [0.5, 0.6) is 0 Å². The molecule has 0 amide bonds. The average molecular weight is 494 g/mol. The summed E-state index contributed by atoms with van der Waals surface area (Å²) in [5.74, 6) is -0.0152. The lowest BCUT2D eigenvalue weighted by molar-refractivity contribution is -0.160. The van der Waals surface area contributed by atoms with Gasteiger partial charge in [0.05, 0.1) is 27.8 Å². The van der Waals surface area contributed by atoms with Crippen molar-refractivity contribution in [1.29, 1.82) is 0 Å². The second-order valence-electron chi connectivity index (χ2n) is 10.4. The molecule has 7 nitrogen and oxygen atoms in total. The van der Waals surface area contributed by atoms with Crippen LogP contribution in [0.1, 0.15) is 62.0 Å². The molecule has 5 rings (SSSR count). The molecule has 0 bridgehead atoms. The number of rotatable bonds is 5. The summed E-state index contributed by atoms with van der Waals surface area (Å²) in [6.07, 6.45) is 3.04. The minimum atomic E-state index is -1.12. The number of carboxylic acid groups (broad SMARTS) is 1. The number of fused-ring (bicyclic) bond motifs is 1. The standard InChI is InChI=1S/C27H31N3O4S/c1-14-13-17-24(35-26(29-17)30(5)6)21(19(14)23(25(31)32)34-27(2,3)4)16-7-8-18-20-15(10-12-33-18)9-11-28-22(16)20/h9,11,13,23H,7-8,10,12H2,1-6H3,(H,31,32)/t23-/m0/s1. The summed E-state index contributed by atoms with van der Waals surface area (Å²) in [5, 5.41) is 13.2. The number of carboxylic acids is 1. The molecule has 0 saturated heterocycles. The first-order valence-electron chi connectivity index (χ1n) is 11.9. The maximum absolute atomic E-state index is 12.6. The zero-order chi connectivity index (χ0) is 25.1. The van der Waals surface area contributed by atoms with Crippen LogP contribution in [0.4, 0.5) is 5.13 Å². The third-order valence-electron chi connectivity index (χ3n) is 6.41. The normalized spacial score (nSPS) is 16.2. The lowest BCUT2D eigenvalue weighted by Gasteiger charge is -2.29. The lowest BCUT2D eigenvalue weighted by atomic mass is 9.86. The first-order chi connectivity index (χ1) is 16.5. The number of thiazole rings is 1. The van der Waals surface area contributed by atoms with Gasteiger partial charge in [0, 0.05) is 49.5 Å². The van der Waals surface area contributed by atoms with Gasteiger partial charge in [-0.15, -0.1) is 0 Å². The van der Waals surface area contributed by atoms with Crippen LogP contribution in [0.2, 0.25) is 0 Å². The molecule has 3 heterocycles. The maximum atomic E-state index is 12.6. The smallest absolute Gasteiger partial charge is 0.337 e. The molecule has 1 atom stereocenters. The van der Waals surface area contributed by atoms with Gasteiger partial charge in [0.25, 0.3) is 0 Å². The highest BCUT2D eigenvalue weighted by Gasteiger charge is 2.34. The average Bonchev–Trinajstić information content (AvgIpc) is 3.21. The van der Waals surface area contributed by atoms with Gasteiger partial charge in [0.2, 0.25) is 0 Å². The number of hydrogen-bond donors (Lipinski definition) is 1. The summed E-state index contributed by atoms with van der Waals surface area (Å²) in [6.45, 7) is 8.29. The highest BCUT2D eigenvalue weighted by Crippen LogP contribution is 2.42. The van der Waals surface area contributed by atoms with E-state index in [1.54, 1.807) is 11.3 Å². The molecular formula is C27H31N3O4S. The summed E-state index contributed by atoms with van der Waals surface area (Å²) in [6, 6.07) is 4.05. The lowest BCUT2D eigenvalue weighted by Crippen LogP contribution is -2.41. The Bertz CT molecular complexity index is 1470.